The molecule has 0 bridgehead atoms. The van der Waals surface area contributed by atoms with Gasteiger partial charge < -0.3 is 4.74 Å². The summed E-state index contributed by atoms with van der Waals surface area (Å²) in [7, 11) is 0. The molecule has 0 radical (unpaired) electrons. The molecule has 1 saturated heterocycles. The lowest BCUT2D eigenvalue weighted by Gasteiger charge is -2.07. The molecule has 0 aromatic rings. The van der Waals surface area contributed by atoms with Gasteiger partial charge in [-0.25, -0.2) is 0 Å². The Morgan fingerprint density at radius 2 is 2.44 bits per heavy atom. The number of carbonyl (C=O) groups excluding carboxylic acids is 1. The SMILES string of the molecule is CS[C@H]1CC(=O)O[C@@H]1C. The first-order chi connectivity index (χ1) is 4.24. The molecule has 0 amide bonds. The number of thioether (sulfide) groups is 1. The van der Waals surface area contributed by atoms with Crippen molar-refractivity contribution in [2.45, 2.75) is 24.7 Å². The van der Waals surface area contributed by atoms with E-state index >= 15 is 0 Å². The summed E-state index contributed by atoms with van der Waals surface area (Å²) in [5.41, 5.74) is 0. The van der Waals surface area contributed by atoms with E-state index in [1.165, 1.54) is 0 Å². The average molecular weight is 146 g/mol. The Bertz CT molecular complexity index is 124. The standard InChI is InChI=1S/C6H10O2S/c1-4-5(9-2)3-6(7)8-4/h4-5H,3H2,1-2H3/t4-,5+/m1/s1. The van der Waals surface area contributed by atoms with Crippen LogP contribution in [0.1, 0.15) is 13.3 Å². The van der Waals surface area contributed by atoms with Crippen molar-refractivity contribution in [3.63, 3.8) is 0 Å². The summed E-state index contributed by atoms with van der Waals surface area (Å²) in [5.74, 6) is -0.0538. The molecule has 9 heavy (non-hydrogen) atoms. The number of carbonyl (C=O) groups is 1. The maximum absolute atomic E-state index is 10.6. The Hall–Kier alpha value is -0.180. The summed E-state index contributed by atoms with van der Waals surface area (Å²) >= 11 is 1.70. The molecule has 0 saturated carbocycles. The summed E-state index contributed by atoms with van der Waals surface area (Å²) in [6.07, 6.45) is 2.71. The van der Waals surface area contributed by atoms with Crippen LogP contribution >= 0.6 is 11.8 Å². The molecule has 1 aliphatic heterocycles. The minimum absolute atomic E-state index is 0.0538. The van der Waals surface area contributed by atoms with E-state index in [4.69, 9.17) is 4.74 Å². The van der Waals surface area contributed by atoms with Crippen LogP contribution in [-0.4, -0.2) is 23.6 Å². The molecule has 0 aromatic heterocycles. The Balaban J connectivity index is 2.47. The fourth-order valence-electron chi connectivity index (χ4n) is 0.937. The van der Waals surface area contributed by atoms with Crippen LogP contribution in [0.2, 0.25) is 0 Å². The molecular weight excluding hydrogens is 136 g/mol. The van der Waals surface area contributed by atoms with Gasteiger partial charge in [0.1, 0.15) is 6.10 Å². The predicted octanol–water partition coefficient (Wildman–Crippen LogP) is 1.05. The van der Waals surface area contributed by atoms with Gasteiger partial charge in [0.2, 0.25) is 0 Å². The van der Waals surface area contributed by atoms with E-state index in [2.05, 4.69) is 0 Å². The Morgan fingerprint density at radius 1 is 1.78 bits per heavy atom. The second-order valence-corrected chi connectivity index (χ2v) is 3.25. The molecule has 2 nitrogen and oxygen atoms in total. The number of esters is 1. The van der Waals surface area contributed by atoms with Gasteiger partial charge in [-0.3, -0.25) is 4.79 Å². The lowest BCUT2D eigenvalue weighted by atomic mass is 10.2. The largest absolute Gasteiger partial charge is 0.461 e. The zero-order valence-electron chi connectivity index (χ0n) is 5.59. The zero-order valence-corrected chi connectivity index (χ0v) is 6.40. The fourth-order valence-corrected chi connectivity index (χ4v) is 1.68. The van der Waals surface area contributed by atoms with E-state index in [0.717, 1.165) is 0 Å². The summed E-state index contributed by atoms with van der Waals surface area (Å²) in [6.45, 7) is 1.94. The van der Waals surface area contributed by atoms with E-state index in [1.54, 1.807) is 11.8 Å². The third-order valence-corrected chi connectivity index (χ3v) is 2.67. The second-order valence-electron chi connectivity index (χ2n) is 2.17. The van der Waals surface area contributed by atoms with Crippen LogP contribution in [0.5, 0.6) is 0 Å². The average Bonchev–Trinajstić information content (AvgIpc) is 2.10. The molecule has 1 fully saturated rings. The smallest absolute Gasteiger partial charge is 0.307 e. The van der Waals surface area contributed by atoms with Crippen molar-refractivity contribution < 1.29 is 9.53 Å². The third-order valence-electron chi connectivity index (χ3n) is 1.51. The van der Waals surface area contributed by atoms with Crippen LogP contribution in [0.4, 0.5) is 0 Å². The molecule has 1 rings (SSSR count). The number of ether oxygens (including phenoxy) is 1. The van der Waals surface area contributed by atoms with Gasteiger partial charge in [0.15, 0.2) is 0 Å². The molecule has 1 aliphatic rings. The van der Waals surface area contributed by atoms with Crippen LogP contribution in [0, 0.1) is 0 Å². The van der Waals surface area contributed by atoms with E-state index in [-0.39, 0.29) is 12.1 Å². The highest BCUT2D eigenvalue weighted by Crippen LogP contribution is 2.24. The highest BCUT2D eigenvalue weighted by atomic mass is 32.2. The Labute approximate surface area is 59.0 Å². The van der Waals surface area contributed by atoms with E-state index in [9.17, 15) is 4.79 Å². The maximum atomic E-state index is 10.6. The van der Waals surface area contributed by atoms with Crippen LogP contribution in [-0.2, 0) is 9.53 Å². The van der Waals surface area contributed by atoms with Crippen LogP contribution in [0.3, 0.4) is 0 Å². The second kappa shape index (κ2) is 2.60. The van der Waals surface area contributed by atoms with Crippen LogP contribution in [0.15, 0.2) is 0 Å². The summed E-state index contributed by atoms with van der Waals surface area (Å²) < 4.78 is 4.90. The van der Waals surface area contributed by atoms with Crippen molar-refractivity contribution in [3.05, 3.63) is 0 Å². The van der Waals surface area contributed by atoms with Gasteiger partial charge in [-0.1, -0.05) is 0 Å². The number of hydrogen-bond donors (Lipinski definition) is 0. The molecule has 1 heterocycles. The summed E-state index contributed by atoms with van der Waals surface area (Å²) in [4.78, 5) is 10.6. The topological polar surface area (TPSA) is 26.3 Å². The highest BCUT2D eigenvalue weighted by Gasteiger charge is 2.30. The quantitative estimate of drug-likeness (QED) is 0.517. The minimum Gasteiger partial charge on any atom is -0.461 e. The molecule has 52 valence electrons. The molecule has 0 unspecified atom stereocenters. The van der Waals surface area contributed by atoms with Gasteiger partial charge in [-0.15, -0.1) is 0 Å². The van der Waals surface area contributed by atoms with Crippen molar-refractivity contribution in [1.82, 2.24) is 0 Å². The van der Waals surface area contributed by atoms with E-state index in [0.29, 0.717) is 11.7 Å². The molecule has 0 spiro atoms. The first-order valence-electron chi connectivity index (χ1n) is 2.96. The molecule has 0 aromatic carbocycles. The van der Waals surface area contributed by atoms with Gasteiger partial charge in [0, 0.05) is 0 Å². The normalized spacial score (nSPS) is 34.7. The van der Waals surface area contributed by atoms with E-state index < -0.39 is 0 Å². The lowest BCUT2D eigenvalue weighted by molar-refractivity contribution is -0.140. The molecular formula is C6H10O2S. The summed E-state index contributed by atoms with van der Waals surface area (Å²) in [6, 6.07) is 0. The number of hydrogen-bond acceptors (Lipinski definition) is 3. The molecule has 3 heteroatoms. The van der Waals surface area contributed by atoms with Crippen molar-refractivity contribution in [2.24, 2.45) is 0 Å². The minimum atomic E-state index is -0.0538. The van der Waals surface area contributed by atoms with Gasteiger partial charge >= 0.3 is 5.97 Å². The predicted molar refractivity (Wildman–Crippen MR) is 37.5 cm³/mol. The van der Waals surface area contributed by atoms with E-state index in [1.807, 2.05) is 13.2 Å². The van der Waals surface area contributed by atoms with Crippen LogP contribution < -0.4 is 0 Å². The van der Waals surface area contributed by atoms with Crippen molar-refractivity contribution in [3.8, 4) is 0 Å². The summed E-state index contributed by atoms with van der Waals surface area (Å²) in [5, 5.41) is 0.387. The monoisotopic (exact) mass is 146 g/mol. The number of cyclic esters (lactones) is 1. The first-order valence-corrected chi connectivity index (χ1v) is 4.25. The number of rotatable bonds is 1. The fraction of sp³-hybridized carbons (Fsp3) is 0.833. The van der Waals surface area contributed by atoms with Gasteiger partial charge in [-0.2, -0.15) is 11.8 Å². The third kappa shape index (κ3) is 1.39. The van der Waals surface area contributed by atoms with Crippen molar-refractivity contribution >= 4 is 17.7 Å². The van der Waals surface area contributed by atoms with Crippen molar-refractivity contribution in [1.29, 1.82) is 0 Å². The van der Waals surface area contributed by atoms with Gasteiger partial charge in [-0.05, 0) is 13.2 Å². The highest BCUT2D eigenvalue weighted by molar-refractivity contribution is 7.99. The van der Waals surface area contributed by atoms with Gasteiger partial charge in [0.05, 0.1) is 11.7 Å². The molecule has 0 N–H and O–H groups in total. The molecule has 2 atom stereocenters. The Kier molecular flexibility index (Phi) is 2.01. The maximum Gasteiger partial charge on any atom is 0.307 e. The Morgan fingerprint density at radius 3 is 2.67 bits per heavy atom. The van der Waals surface area contributed by atoms with Crippen molar-refractivity contribution in [2.75, 3.05) is 6.26 Å². The van der Waals surface area contributed by atoms with Gasteiger partial charge in [0.25, 0.3) is 0 Å². The van der Waals surface area contributed by atoms with Crippen LogP contribution in [0.25, 0.3) is 0 Å². The first kappa shape index (κ1) is 6.93. The zero-order chi connectivity index (χ0) is 6.85. The molecule has 0 aliphatic carbocycles. The lowest BCUT2D eigenvalue weighted by Crippen LogP contribution is -2.12.